The van der Waals surface area contributed by atoms with Crippen LogP contribution in [0.5, 0.6) is 5.75 Å². The van der Waals surface area contributed by atoms with Gasteiger partial charge in [0.05, 0.1) is 19.3 Å². The molecule has 0 aliphatic carbocycles. The molecule has 0 spiro atoms. The molecule has 1 aromatic carbocycles. The number of methoxy groups -OCH3 is 1. The second-order valence-electron chi connectivity index (χ2n) is 6.21. The number of aliphatic hydroxyl groups is 1. The van der Waals surface area contributed by atoms with Gasteiger partial charge < -0.3 is 14.4 Å². The zero-order valence-corrected chi connectivity index (χ0v) is 14.3. The summed E-state index contributed by atoms with van der Waals surface area (Å²) in [6, 6.07) is 7.92. The molecule has 0 bridgehead atoms. The van der Waals surface area contributed by atoms with Crippen molar-refractivity contribution in [3.8, 4) is 17.2 Å². The van der Waals surface area contributed by atoms with E-state index in [0.717, 1.165) is 49.5 Å². The van der Waals surface area contributed by atoms with Crippen LogP contribution in [-0.4, -0.2) is 53.0 Å². The van der Waals surface area contributed by atoms with Gasteiger partial charge in [0.1, 0.15) is 5.75 Å². The van der Waals surface area contributed by atoms with E-state index in [1.165, 1.54) is 0 Å². The van der Waals surface area contributed by atoms with E-state index in [2.05, 4.69) is 22.0 Å². The van der Waals surface area contributed by atoms with Gasteiger partial charge in [-0.05, 0) is 44.5 Å². The lowest BCUT2D eigenvalue weighted by molar-refractivity contribution is 0.0940. The number of ether oxygens (including phenoxy) is 1. The van der Waals surface area contributed by atoms with E-state index in [1.807, 2.05) is 24.3 Å². The molecule has 1 unspecified atom stereocenters. The monoisotopic (exact) mass is 331 g/mol. The zero-order valence-electron chi connectivity index (χ0n) is 14.3. The van der Waals surface area contributed by atoms with Crippen molar-refractivity contribution in [2.75, 3.05) is 26.8 Å². The first kappa shape index (κ1) is 16.9. The lowest BCUT2D eigenvalue weighted by atomic mass is 9.95. The van der Waals surface area contributed by atoms with Crippen molar-refractivity contribution in [2.24, 2.45) is 0 Å². The maximum Gasteiger partial charge on any atom is 0.261 e. The van der Waals surface area contributed by atoms with E-state index in [-0.39, 0.29) is 12.6 Å². The summed E-state index contributed by atoms with van der Waals surface area (Å²) in [6.07, 6.45) is 2.95. The van der Waals surface area contributed by atoms with Crippen LogP contribution in [0.3, 0.4) is 0 Å². The van der Waals surface area contributed by atoms with Crippen LogP contribution in [0, 0.1) is 0 Å². The Hall–Kier alpha value is -1.92. The van der Waals surface area contributed by atoms with E-state index in [1.54, 1.807) is 7.11 Å². The molecule has 3 rings (SSSR count). The molecule has 0 radical (unpaired) electrons. The summed E-state index contributed by atoms with van der Waals surface area (Å²) in [6.45, 7) is 4.26. The Morgan fingerprint density at radius 2 is 2.08 bits per heavy atom. The lowest BCUT2D eigenvalue weighted by Gasteiger charge is -2.35. The summed E-state index contributed by atoms with van der Waals surface area (Å²) in [5.74, 6) is 2.32. The van der Waals surface area contributed by atoms with E-state index < -0.39 is 0 Å². The van der Waals surface area contributed by atoms with Gasteiger partial charge in [0.15, 0.2) is 5.82 Å². The number of benzene rings is 1. The minimum absolute atomic E-state index is 0.224. The first-order valence-electron chi connectivity index (χ1n) is 8.58. The number of aromatic nitrogens is 2. The number of nitrogens with zero attached hydrogens (tertiary/aromatic N) is 3. The fraction of sp³-hybridized carbons (Fsp3) is 0.556. The summed E-state index contributed by atoms with van der Waals surface area (Å²) in [5, 5.41) is 13.6. The van der Waals surface area contributed by atoms with Gasteiger partial charge in [-0.1, -0.05) is 24.2 Å². The number of rotatable bonds is 6. The fourth-order valence-corrected chi connectivity index (χ4v) is 3.36. The summed E-state index contributed by atoms with van der Waals surface area (Å²) in [7, 11) is 1.64. The Labute approximate surface area is 142 Å². The molecule has 6 nitrogen and oxygen atoms in total. The molecule has 2 aromatic rings. The minimum Gasteiger partial charge on any atom is -0.496 e. The highest BCUT2D eigenvalue weighted by Gasteiger charge is 2.28. The molecule has 1 aliphatic rings. The molecule has 2 heterocycles. The van der Waals surface area contributed by atoms with Crippen LogP contribution in [-0.2, 0) is 0 Å². The van der Waals surface area contributed by atoms with E-state index >= 15 is 0 Å². The normalized spacial score (nSPS) is 17.8. The van der Waals surface area contributed by atoms with E-state index in [4.69, 9.17) is 9.26 Å². The van der Waals surface area contributed by atoms with Gasteiger partial charge in [-0.15, -0.1) is 0 Å². The minimum atomic E-state index is 0.224. The molecule has 0 amide bonds. The third kappa shape index (κ3) is 3.44. The molecule has 1 saturated heterocycles. The van der Waals surface area contributed by atoms with Crippen LogP contribution in [0.2, 0.25) is 0 Å². The topological polar surface area (TPSA) is 71.6 Å². The largest absolute Gasteiger partial charge is 0.496 e. The Bertz CT molecular complexity index is 646. The predicted octanol–water partition coefficient (Wildman–Crippen LogP) is 2.70. The van der Waals surface area contributed by atoms with Crippen LogP contribution in [0.1, 0.15) is 37.9 Å². The van der Waals surface area contributed by atoms with Crippen molar-refractivity contribution in [1.29, 1.82) is 0 Å². The van der Waals surface area contributed by atoms with Gasteiger partial charge in [-0.3, -0.25) is 4.90 Å². The number of likely N-dealkylation sites (tertiary alicyclic amines) is 1. The van der Waals surface area contributed by atoms with Crippen molar-refractivity contribution >= 4 is 0 Å². The van der Waals surface area contributed by atoms with Crippen LogP contribution >= 0.6 is 0 Å². The third-order valence-electron chi connectivity index (χ3n) is 4.87. The molecule has 130 valence electrons. The summed E-state index contributed by atoms with van der Waals surface area (Å²) in [4.78, 5) is 6.96. The van der Waals surface area contributed by atoms with Crippen molar-refractivity contribution in [2.45, 2.75) is 38.1 Å². The summed E-state index contributed by atoms with van der Waals surface area (Å²) >= 11 is 0. The molecule has 1 aliphatic heterocycles. The van der Waals surface area contributed by atoms with Crippen molar-refractivity contribution in [1.82, 2.24) is 15.0 Å². The van der Waals surface area contributed by atoms with Gasteiger partial charge >= 0.3 is 0 Å². The number of hydrogen-bond donors (Lipinski definition) is 1. The van der Waals surface area contributed by atoms with Crippen LogP contribution in [0.25, 0.3) is 11.5 Å². The molecule has 1 atom stereocenters. The molecule has 0 saturated carbocycles. The van der Waals surface area contributed by atoms with E-state index in [9.17, 15) is 5.11 Å². The second kappa shape index (κ2) is 7.77. The first-order chi connectivity index (χ1) is 11.8. The average Bonchev–Trinajstić information content (AvgIpc) is 3.13. The Kier molecular flexibility index (Phi) is 5.48. The van der Waals surface area contributed by atoms with Crippen LogP contribution in [0.15, 0.2) is 28.8 Å². The van der Waals surface area contributed by atoms with Crippen molar-refractivity contribution in [3.05, 3.63) is 30.1 Å². The summed E-state index contributed by atoms with van der Waals surface area (Å²) in [5.41, 5.74) is 0.822. The fourth-order valence-electron chi connectivity index (χ4n) is 3.36. The number of aliphatic hydroxyl groups excluding tert-OH is 1. The standard InChI is InChI=1S/C18H25N3O3/c1-3-14(12-22)21-10-8-13(9-11-21)17-19-18(24-20-17)15-6-4-5-7-16(15)23-2/h4-7,13-14,22H,3,8-12H2,1-2H3. The third-order valence-corrected chi connectivity index (χ3v) is 4.87. The van der Waals surface area contributed by atoms with Crippen molar-refractivity contribution < 1.29 is 14.4 Å². The lowest BCUT2D eigenvalue weighted by Crippen LogP contribution is -2.42. The van der Waals surface area contributed by atoms with Gasteiger partial charge in [-0.2, -0.15) is 4.98 Å². The Morgan fingerprint density at radius 1 is 1.33 bits per heavy atom. The molecule has 1 N–H and O–H groups in total. The van der Waals surface area contributed by atoms with E-state index in [0.29, 0.717) is 11.8 Å². The highest BCUT2D eigenvalue weighted by atomic mass is 16.5. The maximum absolute atomic E-state index is 9.45. The Balaban J connectivity index is 1.69. The first-order valence-corrected chi connectivity index (χ1v) is 8.58. The molecule has 24 heavy (non-hydrogen) atoms. The highest BCUT2D eigenvalue weighted by Crippen LogP contribution is 2.32. The van der Waals surface area contributed by atoms with Gasteiger partial charge in [-0.25, -0.2) is 0 Å². The average molecular weight is 331 g/mol. The highest BCUT2D eigenvalue weighted by molar-refractivity contribution is 5.62. The number of para-hydroxylation sites is 1. The number of hydrogen-bond acceptors (Lipinski definition) is 6. The van der Waals surface area contributed by atoms with Crippen LogP contribution < -0.4 is 4.74 Å². The smallest absolute Gasteiger partial charge is 0.261 e. The van der Waals surface area contributed by atoms with Crippen molar-refractivity contribution in [3.63, 3.8) is 0 Å². The molecular weight excluding hydrogens is 306 g/mol. The van der Waals surface area contributed by atoms with Crippen LogP contribution in [0.4, 0.5) is 0 Å². The Morgan fingerprint density at radius 3 is 2.75 bits per heavy atom. The maximum atomic E-state index is 9.45. The van der Waals surface area contributed by atoms with Gasteiger partial charge in [0.2, 0.25) is 0 Å². The predicted molar refractivity (Wildman–Crippen MR) is 91.0 cm³/mol. The second-order valence-corrected chi connectivity index (χ2v) is 6.21. The van der Waals surface area contributed by atoms with Gasteiger partial charge in [0.25, 0.3) is 5.89 Å². The zero-order chi connectivity index (χ0) is 16.9. The quantitative estimate of drug-likeness (QED) is 0.877. The SMILES string of the molecule is CCC(CO)N1CCC(c2noc(-c3ccccc3OC)n2)CC1. The summed E-state index contributed by atoms with van der Waals surface area (Å²) < 4.78 is 10.8. The molecule has 1 aromatic heterocycles. The molecular formula is C18H25N3O3. The van der Waals surface area contributed by atoms with Gasteiger partial charge in [0, 0.05) is 12.0 Å². The number of piperidine rings is 1. The molecule has 1 fully saturated rings. The molecule has 6 heteroatoms.